The lowest BCUT2D eigenvalue weighted by Crippen LogP contribution is -2.13. The van der Waals surface area contributed by atoms with E-state index in [2.05, 4.69) is 20.6 Å². The van der Waals surface area contributed by atoms with Crippen LogP contribution in [0.15, 0.2) is 54.6 Å². The number of aryl methyl sites for hydroxylation is 3. The van der Waals surface area contributed by atoms with Crippen molar-refractivity contribution in [3.05, 3.63) is 77.2 Å². The number of hydrogen-bond donors (Lipinski definition) is 2. The molecule has 0 radical (unpaired) electrons. The van der Waals surface area contributed by atoms with E-state index in [9.17, 15) is 4.79 Å². The second-order valence-electron chi connectivity index (χ2n) is 7.21. The van der Waals surface area contributed by atoms with Gasteiger partial charge in [0.15, 0.2) is 5.75 Å². The average Bonchev–Trinajstić information content (AvgIpc) is 3.28. The van der Waals surface area contributed by atoms with E-state index in [0.717, 1.165) is 22.5 Å². The fraction of sp³-hybridized carbons (Fsp3) is 0.174. The molecule has 0 spiro atoms. The SMILES string of the molecule is Cc1cccc(Oc2ccccc2NC(=O)c2cc(-c3c(C)nn(C)c3C)n[nH]2)c1. The van der Waals surface area contributed by atoms with Gasteiger partial charge in [-0.15, -0.1) is 0 Å². The number of para-hydroxylation sites is 2. The van der Waals surface area contributed by atoms with Crippen molar-refractivity contribution in [2.45, 2.75) is 20.8 Å². The molecule has 0 aliphatic heterocycles. The smallest absolute Gasteiger partial charge is 0.273 e. The molecule has 30 heavy (non-hydrogen) atoms. The largest absolute Gasteiger partial charge is 0.455 e. The van der Waals surface area contributed by atoms with Crippen LogP contribution in [0.1, 0.15) is 27.4 Å². The van der Waals surface area contributed by atoms with E-state index in [1.54, 1.807) is 16.8 Å². The molecule has 4 rings (SSSR count). The van der Waals surface area contributed by atoms with Gasteiger partial charge >= 0.3 is 0 Å². The molecule has 0 aliphatic carbocycles. The Morgan fingerprint density at radius 3 is 2.60 bits per heavy atom. The number of aromatic nitrogens is 4. The molecule has 152 valence electrons. The third-order valence-corrected chi connectivity index (χ3v) is 4.94. The van der Waals surface area contributed by atoms with Crippen LogP contribution in [0.2, 0.25) is 0 Å². The number of carbonyl (C=O) groups is 1. The Labute approximate surface area is 174 Å². The zero-order chi connectivity index (χ0) is 21.3. The first-order valence-electron chi connectivity index (χ1n) is 9.63. The number of hydrogen-bond acceptors (Lipinski definition) is 4. The highest BCUT2D eigenvalue weighted by Crippen LogP contribution is 2.30. The van der Waals surface area contributed by atoms with Gasteiger partial charge in [0.2, 0.25) is 0 Å². The van der Waals surface area contributed by atoms with Crippen molar-refractivity contribution in [2.24, 2.45) is 7.05 Å². The van der Waals surface area contributed by atoms with Gasteiger partial charge in [-0.1, -0.05) is 24.3 Å². The Balaban J connectivity index is 1.56. The van der Waals surface area contributed by atoms with E-state index in [1.807, 2.05) is 70.3 Å². The maximum Gasteiger partial charge on any atom is 0.273 e. The summed E-state index contributed by atoms with van der Waals surface area (Å²) in [4.78, 5) is 12.8. The molecular weight excluding hydrogens is 378 g/mol. The number of nitrogens with one attached hydrogen (secondary N) is 2. The molecule has 1 amide bonds. The summed E-state index contributed by atoms with van der Waals surface area (Å²) in [5.41, 5.74) is 5.50. The Hall–Kier alpha value is -3.87. The Morgan fingerprint density at radius 1 is 1.07 bits per heavy atom. The van der Waals surface area contributed by atoms with E-state index >= 15 is 0 Å². The molecule has 0 saturated heterocycles. The summed E-state index contributed by atoms with van der Waals surface area (Å²) in [5.74, 6) is 0.978. The fourth-order valence-electron chi connectivity index (χ4n) is 3.36. The quantitative estimate of drug-likeness (QED) is 0.504. The van der Waals surface area contributed by atoms with Gasteiger partial charge in [0.25, 0.3) is 5.91 Å². The third kappa shape index (κ3) is 3.82. The summed E-state index contributed by atoms with van der Waals surface area (Å²) in [5, 5.41) is 14.5. The van der Waals surface area contributed by atoms with Crippen molar-refractivity contribution in [2.75, 3.05) is 5.32 Å². The van der Waals surface area contributed by atoms with Crippen LogP contribution in [0.25, 0.3) is 11.3 Å². The van der Waals surface area contributed by atoms with Crippen molar-refractivity contribution < 1.29 is 9.53 Å². The Morgan fingerprint density at radius 2 is 1.87 bits per heavy atom. The van der Waals surface area contributed by atoms with Gasteiger partial charge in [-0.25, -0.2) is 0 Å². The number of aromatic amines is 1. The monoisotopic (exact) mass is 401 g/mol. The van der Waals surface area contributed by atoms with Crippen LogP contribution in [0.4, 0.5) is 5.69 Å². The molecule has 0 aliphatic rings. The highest BCUT2D eigenvalue weighted by molar-refractivity contribution is 6.04. The van der Waals surface area contributed by atoms with Crippen molar-refractivity contribution >= 4 is 11.6 Å². The molecule has 0 fully saturated rings. The summed E-state index contributed by atoms with van der Waals surface area (Å²) in [6.45, 7) is 5.90. The number of anilines is 1. The summed E-state index contributed by atoms with van der Waals surface area (Å²) in [6.07, 6.45) is 0. The minimum Gasteiger partial charge on any atom is -0.455 e. The highest BCUT2D eigenvalue weighted by Gasteiger charge is 2.18. The van der Waals surface area contributed by atoms with Crippen molar-refractivity contribution in [1.29, 1.82) is 0 Å². The van der Waals surface area contributed by atoms with Gasteiger partial charge in [-0.2, -0.15) is 10.2 Å². The molecule has 2 N–H and O–H groups in total. The average molecular weight is 401 g/mol. The number of benzene rings is 2. The normalized spacial score (nSPS) is 10.8. The molecule has 0 unspecified atom stereocenters. The van der Waals surface area contributed by atoms with E-state index in [4.69, 9.17) is 4.74 Å². The molecule has 0 saturated carbocycles. The van der Waals surface area contributed by atoms with E-state index < -0.39 is 0 Å². The highest BCUT2D eigenvalue weighted by atomic mass is 16.5. The van der Waals surface area contributed by atoms with Crippen LogP contribution in [0.5, 0.6) is 11.5 Å². The summed E-state index contributed by atoms with van der Waals surface area (Å²) < 4.78 is 7.79. The lowest BCUT2D eigenvalue weighted by Gasteiger charge is -2.12. The molecule has 0 bridgehead atoms. The number of carbonyl (C=O) groups excluding carboxylic acids is 1. The standard InChI is InChI=1S/C23H23N5O2/c1-14-8-7-9-17(12-14)30-21-11-6-5-10-18(21)24-23(29)20-13-19(25-26-20)22-15(2)27-28(4)16(22)3/h5-13H,1-4H3,(H,24,29)(H,25,26). The minimum absolute atomic E-state index is 0.298. The van der Waals surface area contributed by atoms with Crippen LogP contribution in [-0.2, 0) is 7.05 Å². The molecular formula is C23H23N5O2. The van der Waals surface area contributed by atoms with Crippen LogP contribution >= 0.6 is 0 Å². The van der Waals surface area contributed by atoms with E-state index in [0.29, 0.717) is 28.6 Å². The molecule has 0 atom stereocenters. The maximum absolute atomic E-state index is 12.8. The van der Waals surface area contributed by atoms with E-state index in [1.165, 1.54) is 0 Å². The molecule has 7 heteroatoms. The topological polar surface area (TPSA) is 84.8 Å². The number of rotatable bonds is 5. The zero-order valence-electron chi connectivity index (χ0n) is 17.4. The van der Waals surface area contributed by atoms with Crippen LogP contribution < -0.4 is 10.1 Å². The predicted molar refractivity (Wildman–Crippen MR) is 116 cm³/mol. The lowest BCUT2D eigenvalue weighted by molar-refractivity contribution is 0.102. The molecule has 2 aromatic carbocycles. The Kier molecular flexibility index (Phi) is 5.10. The number of ether oxygens (including phenoxy) is 1. The molecule has 4 aromatic rings. The maximum atomic E-state index is 12.8. The van der Waals surface area contributed by atoms with Crippen molar-refractivity contribution in [3.8, 4) is 22.8 Å². The minimum atomic E-state index is -0.298. The number of nitrogens with zero attached hydrogens (tertiary/aromatic N) is 3. The van der Waals surface area contributed by atoms with Gasteiger partial charge in [0, 0.05) is 18.3 Å². The summed E-state index contributed by atoms with van der Waals surface area (Å²) >= 11 is 0. The number of amides is 1. The van der Waals surface area contributed by atoms with Crippen LogP contribution in [0, 0.1) is 20.8 Å². The first-order valence-corrected chi connectivity index (χ1v) is 9.63. The third-order valence-electron chi connectivity index (χ3n) is 4.94. The molecule has 7 nitrogen and oxygen atoms in total. The van der Waals surface area contributed by atoms with Gasteiger partial charge in [0.1, 0.15) is 11.4 Å². The van der Waals surface area contributed by atoms with Crippen molar-refractivity contribution in [3.63, 3.8) is 0 Å². The van der Waals surface area contributed by atoms with Crippen LogP contribution in [0.3, 0.4) is 0 Å². The summed E-state index contributed by atoms with van der Waals surface area (Å²) in [6, 6.07) is 16.8. The lowest BCUT2D eigenvalue weighted by atomic mass is 10.1. The second-order valence-corrected chi connectivity index (χ2v) is 7.21. The first kappa shape index (κ1) is 19.4. The number of H-pyrrole nitrogens is 1. The molecule has 2 aromatic heterocycles. The van der Waals surface area contributed by atoms with Gasteiger partial charge in [0.05, 0.1) is 17.1 Å². The van der Waals surface area contributed by atoms with Gasteiger partial charge in [-0.3, -0.25) is 14.6 Å². The van der Waals surface area contributed by atoms with Gasteiger partial charge < -0.3 is 10.1 Å². The fourth-order valence-corrected chi connectivity index (χ4v) is 3.36. The van der Waals surface area contributed by atoms with Gasteiger partial charge in [-0.05, 0) is 56.7 Å². The first-order chi connectivity index (χ1) is 14.4. The predicted octanol–water partition coefficient (Wildman–Crippen LogP) is 4.78. The van der Waals surface area contributed by atoms with Crippen molar-refractivity contribution in [1.82, 2.24) is 20.0 Å². The Bertz CT molecular complexity index is 1220. The summed E-state index contributed by atoms with van der Waals surface area (Å²) in [7, 11) is 1.89. The molecule has 2 heterocycles. The second kappa shape index (κ2) is 7.87. The zero-order valence-corrected chi connectivity index (χ0v) is 17.4. The van der Waals surface area contributed by atoms with E-state index in [-0.39, 0.29) is 5.91 Å². The van der Waals surface area contributed by atoms with Crippen LogP contribution in [-0.4, -0.2) is 25.9 Å².